The van der Waals surface area contributed by atoms with E-state index in [2.05, 4.69) is 19.3 Å². The molecular weight excluding hydrogens is 234 g/mol. The van der Waals surface area contributed by atoms with E-state index in [4.69, 9.17) is 10.6 Å². The van der Waals surface area contributed by atoms with Gasteiger partial charge >= 0.3 is 0 Å². The molecule has 0 aliphatic rings. The highest BCUT2D eigenvalue weighted by Crippen LogP contribution is 2.25. The van der Waals surface area contributed by atoms with E-state index in [0.29, 0.717) is 24.0 Å². The quantitative estimate of drug-likeness (QED) is 0.337. The molecule has 0 aliphatic heterocycles. The minimum Gasteiger partial charge on any atom is -0.493 e. The van der Waals surface area contributed by atoms with Gasteiger partial charge in [-0.15, -0.1) is 0 Å². The molecule has 1 rings (SSSR count). The van der Waals surface area contributed by atoms with E-state index in [1.54, 1.807) is 6.07 Å². The van der Waals surface area contributed by atoms with Gasteiger partial charge in [0.05, 0.1) is 23.3 Å². The summed E-state index contributed by atoms with van der Waals surface area (Å²) in [4.78, 5) is 10.3. The summed E-state index contributed by atoms with van der Waals surface area (Å²) >= 11 is 0. The van der Waals surface area contributed by atoms with Crippen molar-refractivity contribution in [1.29, 1.82) is 0 Å². The van der Waals surface area contributed by atoms with Crippen LogP contribution in [0.15, 0.2) is 18.2 Å². The Balaban J connectivity index is 2.64. The third-order valence-corrected chi connectivity index (χ3v) is 2.46. The van der Waals surface area contributed by atoms with Gasteiger partial charge in [-0.05, 0) is 18.8 Å². The lowest BCUT2D eigenvalue weighted by Crippen LogP contribution is -2.08. The van der Waals surface area contributed by atoms with Gasteiger partial charge in [0.2, 0.25) is 0 Å². The van der Waals surface area contributed by atoms with E-state index in [1.165, 1.54) is 12.1 Å². The van der Waals surface area contributed by atoms with Crippen LogP contribution in [0, 0.1) is 16.0 Å². The third kappa shape index (κ3) is 4.58. The molecule has 6 heteroatoms. The lowest BCUT2D eigenvalue weighted by Gasteiger charge is -2.09. The maximum atomic E-state index is 10.7. The van der Waals surface area contributed by atoms with Crippen LogP contribution in [0.25, 0.3) is 0 Å². The molecule has 0 amide bonds. The number of non-ortho nitro benzene ring substituents is 1. The number of nitrogens with zero attached hydrogens (tertiary/aromatic N) is 1. The minimum atomic E-state index is -0.470. The number of hydrogen-bond donors (Lipinski definition) is 2. The van der Waals surface area contributed by atoms with Crippen LogP contribution >= 0.6 is 0 Å². The van der Waals surface area contributed by atoms with Gasteiger partial charge in [0.1, 0.15) is 5.75 Å². The Kier molecular flexibility index (Phi) is 5.38. The molecule has 0 saturated carbocycles. The summed E-state index contributed by atoms with van der Waals surface area (Å²) in [6.07, 6.45) is 1.99. The van der Waals surface area contributed by atoms with E-state index in [9.17, 15) is 10.1 Å². The van der Waals surface area contributed by atoms with Gasteiger partial charge in [-0.1, -0.05) is 13.8 Å². The Morgan fingerprint density at radius 2 is 2.17 bits per heavy atom. The largest absolute Gasteiger partial charge is 0.493 e. The molecule has 18 heavy (non-hydrogen) atoms. The summed E-state index contributed by atoms with van der Waals surface area (Å²) in [5.74, 6) is 6.34. The summed E-state index contributed by atoms with van der Waals surface area (Å²) < 4.78 is 5.49. The van der Waals surface area contributed by atoms with Crippen molar-refractivity contribution in [3.63, 3.8) is 0 Å². The van der Waals surface area contributed by atoms with Crippen LogP contribution in [-0.4, -0.2) is 11.5 Å². The van der Waals surface area contributed by atoms with Crippen molar-refractivity contribution >= 4 is 11.4 Å². The average molecular weight is 253 g/mol. The number of hydrogen-bond acceptors (Lipinski definition) is 5. The Bertz CT molecular complexity index is 408. The fourth-order valence-electron chi connectivity index (χ4n) is 1.54. The van der Waals surface area contributed by atoms with Crippen LogP contribution in [0.5, 0.6) is 5.75 Å². The Labute approximate surface area is 106 Å². The number of rotatable bonds is 7. The lowest BCUT2D eigenvalue weighted by atomic mass is 10.1. The number of hydrazine groups is 1. The molecule has 1 aromatic rings. The molecule has 0 fully saturated rings. The van der Waals surface area contributed by atoms with Gasteiger partial charge in [0, 0.05) is 12.1 Å². The molecule has 100 valence electrons. The molecule has 0 heterocycles. The number of nitro benzene ring substituents is 1. The van der Waals surface area contributed by atoms with E-state index in [-0.39, 0.29) is 5.69 Å². The lowest BCUT2D eigenvalue weighted by molar-refractivity contribution is -0.384. The molecule has 0 unspecified atom stereocenters. The summed E-state index contributed by atoms with van der Waals surface area (Å²) in [6.45, 7) is 4.83. The highest BCUT2D eigenvalue weighted by molar-refractivity contribution is 5.55. The molecule has 0 bridgehead atoms. The predicted octanol–water partition coefficient (Wildman–Crippen LogP) is 2.70. The first-order chi connectivity index (χ1) is 8.52. The van der Waals surface area contributed by atoms with Crippen molar-refractivity contribution in [3.8, 4) is 5.75 Å². The summed E-state index contributed by atoms with van der Waals surface area (Å²) in [5.41, 5.74) is 2.81. The topological polar surface area (TPSA) is 90.4 Å². The van der Waals surface area contributed by atoms with Crippen LogP contribution in [0.4, 0.5) is 11.4 Å². The number of nitrogens with two attached hydrogens (primary N) is 1. The van der Waals surface area contributed by atoms with Crippen LogP contribution < -0.4 is 16.0 Å². The van der Waals surface area contributed by atoms with Crippen molar-refractivity contribution in [3.05, 3.63) is 28.3 Å². The molecule has 0 saturated heterocycles. The number of nitro groups is 1. The van der Waals surface area contributed by atoms with Gasteiger partial charge in [0.15, 0.2) is 0 Å². The predicted molar refractivity (Wildman–Crippen MR) is 70.5 cm³/mol. The number of nitrogen functional groups attached to an aromatic ring is 1. The van der Waals surface area contributed by atoms with Crippen LogP contribution in [0.3, 0.4) is 0 Å². The highest BCUT2D eigenvalue weighted by atomic mass is 16.6. The van der Waals surface area contributed by atoms with Gasteiger partial charge in [0.25, 0.3) is 5.69 Å². The second kappa shape index (κ2) is 6.80. The zero-order valence-corrected chi connectivity index (χ0v) is 10.7. The monoisotopic (exact) mass is 253 g/mol. The second-order valence-electron chi connectivity index (χ2n) is 4.50. The van der Waals surface area contributed by atoms with Crippen molar-refractivity contribution in [2.75, 3.05) is 12.0 Å². The van der Waals surface area contributed by atoms with Gasteiger partial charge in [-0.3, -0.25) is 16.0 Å². The SMILES string of the molecule is CC(C)CCCOc1cc(NN)cc([N+](=O)[O-])c1. The second-order valence-corrected chi connectivity index (χ2v) is 4.50. The fourth-order valence-corrected chi connectivity index (χ4v) is 1.54. The molecule has 3 N–H and O–H groups in total. The zero-order valence-electron chi connectivity index (χ0n) is 10.7. The molecule has 0 atom stereocenters. The first-order valence-electron chi connectivity index (χ1n) is 5.92. The van der Waals surface area contributed by atoms with Gasteiger partial charge in [-0.2, -0.15) is 0 Å². The van der Waals surface area contributed by atoms with E-state index < -0.39 is 4.92 Å². The van der Waals surface area contributed by atoms with Crippen LogP contribution in [0.1, 0.15) is 26.7 Å². The zero-order chi connectivity index (χ0) is 13.5. The Hall–Kier alpha value is -1.82. The highest BCUT2D eigenvalue weighted by Gasteiger charge is 2.10. The Morgan fingerprint density at radius 3 is 2.72 bits per heavy atom. The van der Waals surface area contributed by atoms with Crippen molar-refractivity contribution in [2.45, 2.75) is 26.7 Å². The number of ether oxygens (including phenoxy) is 1. The number of nitrogens with one attached hydrogen (secondary N) is 1. The maximum absolute atomic E-state index is 10.7. The molecule has 0 spiro atoms. The molecule has 0 radical (unpaired) electrons. The summed E-state index contributed by atoms with van der Waals surface area (Å²) in [6, 6.07) is 4.40. The van der Waals surface area contributed by atoms with E-state index in [0.717, 1.165) is 12.8 Å². The van der Waals surface area contributed by atoms with Crippen molar-refractivity contribution < 1.29 is 9.66 Å². The van der Waals surface area contributed by atoms with Crippen LogP contribution in [0.2, 0.25) is 0 Å². The van der Waals surface area contributed by atoms with Gasteiger partial charge in [-0.25, -0.2) is 0 Å². The normalized spacial score (nSPS) is 10.4. The standard InChI is InChI=1S/C12H19N3O3/c1-9(2)4-3-5-18-12-7-10(14-13)6-11(8-12)15(16)17/h6-9,14H,3-5,13H2,1-2H3. The fraction of sp³-hybridized carbons (Fsp3) is 0.500. The first-order valence-corrected chi connectivity index (χ1v) is 5.92. The molecule has 1 aromatic carbocycles. The maximum Gasteiger partial charge on any atom is 0.275 e. The van der Waals surface area contributed by atoms with E-state index >= 15 is 0 Å². The minimum absolute atomic E-state index is 0.0377. The number of benzene rings is 1. The summed E-state index contributed by atoms with van der Waals surface area (Å²) in [5, 5.41) is 10.7. The smallest absolute Gasteiger partial charge is 0.275 e. The number of anilines is 1. The molecule has 0 aliphatic carbocycles. The van der Waals surface area contributed by atoms with E-state index in [1.807, 2.05) is 0 Å². The first kappa shape index (κ1) is 14.2. The average Bonchev–Trinajstić information content (AvgIpc) is 2.34. The van der Waals surface area contributed by atoms with Crippen molar-refractivity contribution in [1.82, 2.24) is 0 Å². The third-order valence-electron chi connectivity index (χ3n) is 2.46. The molecule has 0 aromatic heterocycles. The summed E-state index contributed by atoms with van der Waals surface area (Å²) in [7, 11) is 0. The van der Waals surface area contributed by atoms with Crippen molar-refractivity contribution in [2.24, 2.45) is 11.8 Å². The van der Waals surface area contributed by atoms with Crippen LogP contribution in [-0.2, 0) is 0 Å². The molecular formula is C12H19N3O3. The molecule has 6 nitrogen and oxygen atoms in total. The Morgan fingerprint density at radius 1 is 1.44 bits per heavy atom. The van der Waals surface area contributed by atoms with Gasteiger partial charge < -0.3 is 10.2 Å².